The van der Waals surface area contributed by atoms with Crippen molar-refractivity contribution in [2.45, 2.75) is 51.0 Å². The van der Waals surface area contributed by atoms with Crippen LogP contribution in [0, 0.1) is 6.92 Å². The highest BCUT2D eigenvalue weighted by atomic mass is 16.5. The summed E-state index contributed by atoms with van der Waals surface area (Å²) in [5, 5.41) is 9.11. The second-order valence-corrected chi connectivity index (χ2v) is 6.15. The third kappa shape index (κ3) is 3.06. The summed E-state index contributed by atoms with van der Waals surface area (Å²) in [5.74, 6) is 0.613. The number of rotatable bonds is 5. The number of nitrogens with one attached hydrogen (secondary N) is 2. The van der Waals surface area contributed by atoms with E-state index in [-0.39, 0.29) is 30.8 Å². The van der Waals surface area contributed by atoms with Crippen LogP contribution in [-0.2, 0) is 9.59 Å². The Bertz CT molecular complexity index is 633. The summed E-state index contributed by atoms with van der Waals surface area (Å²) in [6.07, 6.45) is 3.95. The van der Waals surface area contributed by atoms with Gasteiger partial charge in [-0.1, -0.05) is 18.0 Å². The van der Waals surface area contributed by atoms with Crippen molar-refractivity contribution in [3.8, 4) is 0 Å². The fourth-order valence-corrected chi connectivity index (χ4v) is 3.23. The lowest BCUT2D eigenvalue weighted by atomic mass is 9.98. The molecule has 1 aromatic heterocycles. The molecule has 1 aliphatic carbocycles. The van der Waals surface area contributed by atoms with Gasteiger partial charge < -0.3 is 15.2 Å². The molecule has 3 rings (SSSR count). The molecule has 0 unspecified atom stereocenters. The standard InChI is InChI=1S/C15H20N4O4/c1-10-9-11(18-23-10)16-12(20)5-4-8-19-13(21)15(17-14(19)22)6-2-3-7-15/h9H,2-8H2,1H3,(H,17,22)(H,16,18,20). The van der Waals surface area contributed by atoms with Gasteiger partial charge in [-0.15, -0.1) is 0 Å². The minimum absolute atomic E-state index is 0.146. The molecule has 1 saturated heterocycles. The van der Waals surface area contributed by atoms with Crippen molar-refractivity contribution >= 4 is 23.7 Å². The zero-order chi connectivity index (χ0) is 16.4. The van der Waals surface area contributed by atoms with Crippen LogP contribution in [0.2, 0.25) is 0 Å². The molecule has 2 fully saturated rings. The third-order valence-electron chi connectivity index (χ3n) is 4.38. The number of nitrogens with zero attached hydrogens (tertiary/aromatic N) is 2. The van der Waals surface area contributed by atoms with Crippen LogP contribution in [0.3, 0.4) is 0 Å². The second-order valence-electron chi connectivity index (χ2n) is 6.15. The van der Waals surface area contributed by atoms with Gasteiger partial charge in [-0.05, 0) is 26.2 Å². The monoisotopic (exact) mass is 320 g/mol. The Morgan fingerprint density at radius 1 is 1.43 bits per heavy atom. The number of aryl methyl sites for hydroxylation is 1. The van der Waals surface area contributed by atoms with Crippen LogP contribution in [0.4, 0.5) is 10.6 Å². The van der Waals surface area contributed by atoms with Crippen molar-refractivity contribution in [1.29, 1.82) is 0 Å². The topological polar surface area (TPSA) is 105 Å². The lowest BCUT2D eigenvalue weighted by Gasteiger charge is -2.19. The molecule has 4 amide bonds. The molecule has 8 heteroatoms. The molecule has 0 atom stereocenters. The number of anilines is 1. The van der Waals surface area contributed by atoms with E-state index in [1.165, 1.54) is 4.90 Å². The van der Waals surface area contributed by atoms with E-state index in [0.717, 1.165) is 12.8 Å². The van der Waals surface area contributed by atoms with Crippen molar-refractivity contribution in [2.75, 3.05) is 11.9 Å². The smallest absolute Gasteiger partial charge is 0.325 e. The lowest BCUT2D eigenvalue weighted by molar-refractivity contribution is -0.131. The molecule has 2 N–H and O–H groups in total. The summed E-state index contributed by atoms with van der Waals surface area (Å²) < 4.78 is 4.86. The van der Waals surface area contributed by atoms with E-state index < -0.39 is 5.54 Å². The predicted octanol–water partition coefficient (Wildman–Crippen LogP) is 1.57. The minimum Gasteiger partial charge on any atom is -0.360 e. The van der Waals surface area contributed by atoms with Crippen LogP contribution in [-0.4, -0.2) is 40.0 Å². The van der Waals surface area contributed by atoms with E-state index in [1.807, 2.05) is 0 Å². The van der Waals surface area contributed by atoms with Gasteiger partial charge in [0.1, 0.15) is 11.3 Å². The van der Waals surface area contributed by atoms with E-state index in [2.05, 4.69) is 15.8 Å². The normalized spacial score (nSPS) is 19.4. The van der Waals surface area contributed by atoms with Gasteiger partial charge in [0.05, 0.1) is 0 Å². The molecule has 2 aliphatic rings. The molecule has 23 heavy (non-hydrogen) atoms. The zero-order valence-electron chi connectivity index (χ0n) is 13.1. The molecule has 0 bridgehead atoms. The first-order valence-electron chi connectivity index (χ1n) is 7.87. The first-order valence-corrected chi connectivity index (χ1v) is 7.87. The van der Waals surface area contributed by atoms with Gasteiger partial charge in [-0.25, -0.2) is 4.79 Å². The fourth-order valence-electron chi connectivity index (χ4n) is 3.23. The van der Waals surface area contributed by atoms with E-state index in [0.29, 0.717) is 30.8 Å². The van der Waals surface area contributed by atoms with Crippen molar-refractivity contribution in [1.82, 2.24) is 15.4 Å². The van der Waals surface area contributed by atoms with Gasteiger partial charge in [-0.3, -0.25) is 14.5 Å². The van der Waals surface area contributed by atoms with Gasteiger partial charge in [0.25, 0.3) is 5.91 Å². The van der Waals surface area contributed by atoms with Crippen LogP contribution in [0.15, 0.2) is 10.6 Å². The third-order valence-corrected chi connectivity index (χ3v) is 4.38. The van der Waals surface area contributed by atoms with E-state index >= 15 is 0 Å². The van der Waals surface area contributed by atoms with E-state index in [1.54, 1.807) is 13.0 Å². The number of amides is 4. The Labute approximate surface area is 133 Å². The Morgan fingerprint density at radius 3 is 2.83 bits per heavy atom. The van der Waals surface area contributed by atoms with Crippen molar-refractivity contribution in [3.05, 3.63) is 11.8 Å². The Balaban J connectivity index is 1.48. The maximum atomic E-state index is 12.4. The van der Waals surface area contributed by atoms with Crippen molar-refractivity contribution in [3.63, 3.8) is 0 Å². The number of hydrogen-bond acceptors (Lipinski definition) is 5. The van der Waals surface area contributed by atoms with Gasteiger partial charge in [0.15, 0.2) is 5.82 Å². The number of urea groups is 1. The van der Waals surface area contributed by atoms with Crippen LogP contribution < -0.4 is 10.6 Å². The van der Waals surface area contributed by atoms with Gasteiger partial charge >= 0.3 is 6.03 Å². The van der Waals surface area contributed by atoms with Crippen molar-refractivity contribution < 1.29 is 18.9 Å². The molecule has 1 aliphatic heterocycles. The SMILES string of the molecule is Cc1cc(NC(=O)CCCN2C(=O)NC3(CCCC3)C2=O)no1. The zero-order valence-corrected chi connectivity index (χ0v) is 13.1. The first kappa shape index (κ1) is 15.5. The highest BCUT2D eigenvalue weighted by molar-refractivity contribution is 6.07. The fraction of sp³-hybridized carbons (Fsp3) is 0.600. The molecule has 0 radical (unpaired) electrons. The first-order chi connectivity index (χ1) is 11.0. The average molecular weight is 320 g/mol. The Hall–Kier alpha value is -2.38. The Morgan fingerprint density at radius 2 is 2.17 bits per heavy atom. The number of carbonyl (C=O) groups excluding carboxylic acids is 3. The highest BCUT2D eigenvalue weighted by Gasteiger charge is 2.51. The quantitative estimate of drug-likeness (QED) is 0.801. The lowest BCUT2D eigenvalue weighted by Crippen LogP contribution is -2.44. The summed E-state index contributed by atoms with van der Waals surface area (Å²) in [6.45, 7) is 1.98. The molecule has 8 nitrogen and oxygen atoms in total. The van der Waals surface area contributed by atoms with E-state index in [9.17, 15) is 14.4 Å². The van der Waals surface area contributed by atoms with Crippen LogP contribution >= 0.6 is 0 Å². The summed E-state index contributed by atoms with van der Waals surface area (Å²) in [7, 11) is 0. The molecule has 124 valence electrons. The molecule has 1 saturated carbocycles. The summed E-state index contributed by atoms with van der Waals surface area (Å²) in [6, 6.07) is 1.28. The minimum atomic E-state index is -0.683. The van der Waals surface area contributed by atoms with Crippen molar-refractivity contribution in [2.24, 2.45) is 0 Å². The van der Waals surface area contributed by atoms with Gasteiger partial charge in [0, 0.05) is 19.0 Å². The number of hydrogen-bond donors (Lipinski definition) is 2. The summed E-state index contributed by atoms with van der Waals surface area (Å²) >= 11 is 0. The maximum Gasteiger partial charge on any atom is 0.325 e. The molecule has 1 spiro atoms. The molecular weight excluding hydrogens is 300 g/mol. The predicted molar refractivity (Wildman–Crippen MR) is 80.5 cm³/mol. The highest BCUT2D eigenvalue weighted by Crippen LogP contribution is 2.35. The average Bonchev–Trinajstić information content (AvgIpc) is 3.17. The van der Waals surface area contributed by atoms with Crippen LogP contribution in [0.25, 0.3) is 0 Å². The van der Waals surface area contributed by atoms with Gasteiger partial charge in [0.2, 0.25) is 5.91 Å². The maximum absolute atomic E-state index is 12.4. The Kier molecular flexibility index (Phi) is 4.06. The van der Waals surface area contributed by atoms with E-state index in [4.69, 9.17) is 4.52 Å². The van der Waals surface area contributed by atoms with Crippen LogP contribution in [0.1, 0.15) is 44.3 Å². The van der Waals surface area contributed by atoms with Gasteiger partial charge in [-0.2, -0.15) is 0 Å². The molecule has 2 heterocycles. The molecule has 1 aromatic rings. The number of carbonyl (C=O) groups is 3. The number of imide groups is 1. The molecule has 0 aromatic carbocycles. The van der Waals surface area contributed by atoms with Crippen LogP contribution in [0.5, 0.6) is 0 Å². The molecular formula is C15H20N4O4. The summed E-state index contributed by atoms with van der Waals surface area (Å²) in [4.78, 5) is 37.5. The summed E-state index contributed by atoms with van der Waals surface area (Å²) in [5.41, 5.74) is -0.683. The number of aromatic nitrogens is 1. The second kappa shape index (κ2) is 6.02. The largest absolute Gasteiger partial charge is 0.360 e.